The lowest BCUT2D eigenvalue weighted by atomic mass is 9.57. The maximum Gasteiger partial charge on any atom is 0.410 e. The van der Waals surface area contributed by atoms with Gasteiger partial charge in [-0.25, -0.2) is 4.79 Å². The first kappa shape index (κ1) is 18.7. The summed E-state index contributed by atoms with van der Waals surface area (Å²) in [5, 5.41) is 0. The zero-order valence-electron chi connectivity index (χ0n) is 16.0. The largest absolute Gasteiger partial charge is 0.461 e. The van der Waals surface area contributed by atoms with Gasteiger partial charge in [-0.2, -0.15) is 0 Å². The molecule has 2 fully saturated rings. The number of rotatable bonds is 3. The third-order valence-corrected chi connectivity index (χ3v) is 5.39. The molecule has 1 aliphatic heterocycles. The van der Waals surface area contributed by atoms with E-state index in [1.165, 1.54) is 0 Å². The predicted molar refractivity (Wildman–Crippen MR) is 98.4 cm³/mol. The number of likely N-dealkylation sites (tertiary alicyclic amines) is 1. The first-order chi connectivity index (χ1) is 12.3. The molecule has 5 nitrogen and oxygen atoms in total. The summed E-state index contributed by atoms with van der Waals surface area (Å²) in [5.41, 5.74) is 0.756. The van der Waals surface area contributed by atoms with Gasteiger partial charge in [0.05, 0.1) is 5.92 Å². The van der Waals surface area contributed by atoms with Crippen LogP contribution >= 0.6 is 0 Å². The quantitative estimate of drug-likeness (QED) is 0.761. The number of amides is 1. The maximum absolute atomic E-state index is 12.2. The number of hydrogen-bond donors (Lipinski definition) is 0. The predicted octanol–water partition coefficient (Wildman–Crippen LogP) is 4.16. The van der Waals surface area contributed by atoms with Gasteiger partial charge in [-0.15, -0.1) is 0 Å². The van der Waals surface area contributed by atoms with Gasteiger partial charge in [-0.3, -0.25) is 4.79 Å². The number of benzene rings is 1. The van der Waals surface area contributed by atoms with Gasteiger partial charge >= 0.3 is 12.1 Å². The van der Waals surface area contributed by atoms with E-state index in [0.29, 0.717) is 19.7 Å². The van der Waals surface area contributed by atoms with E-state index < -0.39 is 5.60 Å². The number of carbonyl (C=O) groups is 2. The van der Waals surface area contributed by atoms with Crippen LogP contribution in [0.2, 0.25) is 0 Å². The van der Waals surface area contributed by atoms with E-state index in [0.717, 1.165) is 31.2 Å². The van der Waals surface area contributed by atoms with E-state index in [4.69, 9.17) is 9.47 Å². The molecule has 0 bridgehead atoms. The second-order valence-electron chi connectivity index (χ2n) is 8.67. The molecule has 26 heavy (non-hydrogen) atoms. The highest BCUT2D eigenvalue weighted by Gasteiger charge is 2.49. The summed E-state index contributed by atoms with van der Waals surface area (Å²) in [6.07, 6.45) is 3.40. The van der Waals surface area contributed by atoms with Crippen molar-refractivity contribution >= 4 is 12.1 Å². The molecule has 1 aromatic rings. The van der Waals surface area contributed by atoms with Crippen LogP contribution in [-0.4, -0.2) is 35.7 Å². The average Bonchev–Trinajstić information content (AvgIpc) is 2.57. The summed E-state index contributed by atoms with van der Waals surface area (Å²) in [6, 6.07) is 9.76. The normalized spacial score (nSPS) is 19.7. The average molecular weight is 359 g/mol. The molecule has 1 saturated heterocycles. The lowest BCUT2D eigenvalue weighted by molar-refractivity contribution is -0.160. The van der Waals surface area contributed by atoms with Crippen LogP contribution in [0.5, 0.6) is 0 Å². The molecule has 1 saturated carbocycles. The van der Waals surface area contributed by atoms with Gasteiger partial charge in [0, 0.05) is 13.1 Å². The Bertz CT molecular complexity index is 634. The molecular formula is C21H29NO4. The minimum Gasteiger partial charge on any atom is -0.461 e. The topological polar surface area (TPSA) is 55.8 Å². The van der Waals surface area contributed by atoms with E-state index in [-0.39, 0.29) is 23.4 Å². The van der Waals surface area contributed by atoms with Gasteiger partial charge in [0.25, 0.3) is 0 Å². The fourth-order valence-corrected chi connectivity index (χ4v) is 3.90. The molecular weight excluding hydrogens is 330 g/mol. The third kappa shape index (κ3) is 4.57. The van der Waals surface area contributed by atoms with Gasteiger partial charge in [-0.05, 0) is 57.4 Å². The number of carbonyl (C=O) groups excluding carboxylic acids is 2. The molecule has 142 valence electrons. The van der Waals surface area contributed by atoms with Crippen LogP contribution < -0.4 is 0 Å². The van der Waals surface area contributed by atoms with E-state index in [2.05, 4.69) is 0 Å². The SMILES string of the molecule is CC(C)(C)OC(=O)N1CCC2(CC1)CC(C(=O)OCc1ccccc1)C2. The Labute approximate surface area is 155 Å². The van der Waals surface area contributed by atoms with Crippen molar-refractivity contribution in [3.05, 3.63) is 35.9 Å². The second kappa shape index (κ2) is 7.29. The van der Waals surface area contributed by atoms with Crippen molar-refractivity contribution in [1.29, 1.82) is 0 Å². The zero-order chi connectivity index (χ0) is 18.8. The van der Waals surface area contributed by atoms with Crippen molar-refractivity contribution in [2.75, 3.05) is 13.1 Å². The summed E-state index contributed by atoms with van der Waals surface area (Å²) >= 11 is 0. The Morgan fingerprint density at radius 2 is 1.73 bits per heavy atom. The lowest BCUT2D eigenvalue weighted by Gasteiger charge is -2.51. The Morgan fingerprint density at radius 1 is 1.12 bits per heavy atom. The first-order valence-corrected chi connectivity index (χ1v) is 9.45. The fraction of sp³-hybridized carbons (Fsp3) is 0.619. The van der Waals surface area contributed by atoms with Gasteiger partial charge in [0.15, 0.2) is 0 Å². The van der Waals surface area contributed by atoms with Crippen LogP contribution in [-0.2, 0) is 20.9 Å². The van der Waals surface area contributed by atoms with Gasteiger partial charge in [0.2, 0.25) is 0 Å². The molecule has 0 N–H and O–H groups in total. The highest BCUT2D eigenvalue weighted by atomic mass is 16.6. The fourth-order valence-electron chi connectivity index (χ4n) is 3.90. The minimum atomic E-state index is -0.462. The molecule has 0 atom stereocenters. The standard InChI is InChI=1S/C21H29NO4/c1-20(2,3)26-19(24)22-11-9-21(10-12-22)13-17(14-21)18(23)25-15-16-7-5-4-6-8-16/h4-8,17H,9-15H2,1-3H3. The van der Waals surface area contributed by atoms with Crippen LogP contribution in [0.3, 0.4) is 0 Å². The minimum absolute atomic E-state index is 0.00629. The van der Waals surface area contributed by atoms with Crippen LogP contribution in [0.25, 0.3) is 0 Å². The van der Waals surface area contributed by atoms with Crippen LogP contribution in [0, 0.1) is 11.3 Å². The molecule has 0 unspecified atom stereocenters. The molecule has 1 spiro atoms. The lowest BCUT2D eigenvalue weighted by Crippen LogP contribution is -2.51. The molecule has 0 aromatic heterocycles. The first-order valence-electron chi connectivity index (χ1n) is 9.45. The zero-order valence-corrected chi connectivity index (χ0v) is 16.0. The van der Waals surface area contributed by atoms with E-state index in [1.54, 1.807) is 4.90 Å². The van der Waals surface area contributed by atoms with Crippen LogP contribution in [0.15, 0.2) is 30.3 Å². The summed E-state index contributed by atoms with van der Waals surface area (Å²) in [5.74, 6) is -0.0826. The Balaban J connectivity index is 1.41. The summed E-state index contributed by atoms with van der Waals surface area (Å²) < 4.78 is 10.9. The van der Waals surface area contributed by atoms with Gasteiger partial charge in [0.1, 0.15) is 12.2 Å². The van der Waals surface area contributed by atoms with Crippen molar-refractivity contribution in [2.45, 2.75) is 58.7 Å². The molecule has 0 radical (unpaired) electrons. The van der Waals surface area contributed by atoms with Crippen LogP contribution in [0.4, 0.5) is 4.79 Å². The molecule has 1 amide bonds. The Morgan fingerprint density at radius 3 is 2.31 bits per heavy atom. The number of ether oxygens (including phenoxy) is 2. The van der Waals surface area contributed by atoms with Crippen molar-refractivity contribution in [2.24, 2.45) is 11.3 Å². The Hall–Kier alpha value is -2.04. The monoisotopic (exact) mass is 359 g/mol. The summed E-state index contributed by atoms with van der Waals surface area (Å²) in [7, 11) is 0. The molecule has 5 heteroatoms. The van der Waals surface area contributed by atoms with E-state index in [9.17, 15) is 9.59 Å². The Kier molecular flexibility index (Phi) is 5.26. The van der Waals surface area contributed by atoms with Crippen molar-refractivity contribution < 1.29 is 19.1 Å². The van der Waals surface area contributed by atoms with E-state index >= 15 is 0 Å². The molecule has 1 aromatic carbocycles. The molecule has 1 heterocycles. The maximum atomic E-state index is 12.2. The smallest absolute Gasteiger partial charge is 0.410 e. The highest BCUT2D eigenvalue weighted by molar-refractivity contribution is 5.74. The number of esters is 1. The van der Waals surface area contributed by atoms with Crippen molar-refractivity contribution in [1.82, 2.24) is 4.90 Å². The highest BCUT2D eigenvalue weighted by Crippen LogP contribution is 2.53. The van der Waals surface area contributed by atoms with E-state index in [1.807, 2.05) is 51.1 Å². The third-order valence-electron chi connectivity index (χ3n) is 5.39. The van der Waals surface area contributed by atoms with Crippen molar-refractivity contribution in [3.63, 3.8) is 0 Å². The number of nitrogens with zero attached hydrogens (tertiary/aromatic N) is 1. The van der Waals surface area contributed by atoms with Gasteiger partial charge in [-0.1, -0.05) is 30.3 Å². The molecule has 2 aliphatic rings. The van der Waals surface area contributed by atoms with Crippen LogP contribution in [0.1, 0.15) is 52.0 Å². The van der Waals surface area contributed by atoms with Gasteiger partial charge < -0.3 is 14.4 Å². The molecule has 3 rings (SSSR count). The second-order valence-corrected chi connectivity index (χ2v) is 8.67. The summed E-state index contributed by atoms with van der Waals surface area (Å²) in [4.78, 5) is 26.2. The van der Waals surface area contributed by atoms with Crippen molar-refractivity contribution in [3.8, 4) is 0 Å². The number of hydrogen-bond acceptors (Lipinski definition) is 4. The molecule has 1 aliphatic carbocycles. The number of piperidine rings is 1. The summed E-state index contributed by atoms with van der Waals surface area (Å²) in [6.45, 7) is 7.41.